The Balaban J connectivity index is 2.66. The molecule has 0 fully saturated rings. The van der Waals surface area contributed by atoms with Crippen LogP contribution in [0.3, 0.4) is 0 Å². The van der Waals surface area contributed by atoms with E-state index in [4.69, 9.17) is 16.3 Å². The highest BCUT2D eigenvalue weighted by Gasteiger charge is 2.24. The summed E-state index contributed by atoms with van der Waals surface area (Å²) in [6.45, 7) is 5.35. The van der Waals surface area contributed by atoms with E-state index in [1.165, 1.54) is 0 Å². The number of ether oxygens (including phenoxy) is 1. The zero-order valence-electron chi connectivity index (χ0n) is 16.1. The first kappa shape index (κ1) is 23.3. The van der Waals surface area contributed by atoms with Gasteiger partial charge >= 0.3 is 5.97 Å². The molecule has 150 valence electrons. The number of hydrogen-bond acceptors (Lipinski definition) is 5. The van der Waals surface area contributed by atoms with Gasteiger partial charge in [-0.05, 0) is 63.0 Å². The van der Waals surface area contributed by atoms with Crippen molar-refractivity contribution in [3.63, 3.8) is 0 Å². The Morgan fingerprint density at radius 1 is 1.22 bits per heavy atom. The standard InChI is InChI=1S/C19H27ClN2O4S/c1-5-19(2,3)22-16(23)12-26-18(25)15(10-11-27-4)21-17(24)13-6-8-14(20)9-7-13/h6-9,15H,5,10-12H2,1-4H3,(H,21,24)(H,22,23)/t15-/m0/s1. The Morgan fingerprint density at radius 2 is 1.85 bits per heavy atom. The van der Waals surface area contributed by atoms with Crippen molar-refractivity contribution in [3.8, 4) is 0 Å². The number of carbonyl (C=O) groups is 3. The second-order valence-electron chi connectivity index (χ2n) is 6.71. The molecule has 0 aromatic heterocycles. The van der Waals surface area contributed by atoms with Crippen LogP contribution in [0, 0.1) is 0 Å². The first-order valence-electron chi connectivity index (χ1n) is 8.71. The van der Waals surface area contributed by atoms with Crippen molar-refractivity contribution in [1.29, 1.82) is 0 Å². The van der Waals surface area contributed by atoms with Crippen LogP contribution < -0.4 is 10.6 Å². The van der Waals surface area contributed by atoms with E-state index in [0.717, 1.165) is 6.42 Å². The van der Waals surface area contributed by atoms with Gasteiger partial charge in [0.1, 0.15) is 6.04 Å². The number of nitrogens with one attached hydrogen (secondary N) is 2. The smallest absolute Gasteiger partial charge is 0.329 e. The van der Waals surface area contributed by atoms with Crippen LogP contribution in [0.1, 0.15) is 44.0 Å². The fraction of sp³-hybridized carbons (Fsp3) is 0.526. The summed E-state index contributed by atoms with van der Waals surface area (Å²) in [5.74, 6) is -0.736. The van der Waals surface area contributed by atoms with Gasteiger partial charge in [-0.3, -0.25) is 9.59 Å². The molecule has 0 spiro atoms. The highest BCUT2D eigenvalue weighted by molar-refractivity contribution is 7.98. The molecule has 1 rings (SSSR count). The zero-order valence-corrected chi connectivity index (χ0v) is 17.7. The lowest BCUT2D eigenvalue weighted by molar-refractivity contribution is -0.150. The van der Waals surface area contributed by atoms with Crippen LogP contribution in [0.2, 0.25) is 5.02 Å². The summed E-state index contributed by atoms with van der Waals surface area (Å²) in [6.07, 6.45) is 3.06. The van der Waals surface area contributed by atoms with Gasteiger partial charge in [-0.15, -0.1) is 0 Å². The normalized spacial score (nSPS) is 12.2. The van der Waals surface area contributed by atoms with Gasteiger partial charge in [0.15, 0.2) is 6.61 Å². The first-order valence-corrected chi connectivity index (χ1v) is 10.5. The lowest BCUT2D eigenvalue weighted by Gasteiger charge is -2.24. The summed E-state index contributed by atoms with van der Waals surface area (Å²) >= 11 is 7.37. The molecule has 0 unspecified atom stereocenters. The van der Waals surface area contributed by atoms with Crippen LogP contribution in [-0.4, -0.2) is 48.0 Å². The molecule has 2 N–H and O–H groups in total. The molecule has 0 aliphatic heterocycles. The third kappa shape index (κ3) is 8.67. The maximum Gasteiger partial charge on any atom is 0.329 e. The van der Waals surface area contributed by atoms with Crippen LogP contribution in [0.5, 0.6) is 0 Å². The number of benzene rings is 1. The van der Waals surface area contributed by atoms with Crippen molar-refractivity contribution in [3.05, 3.63) is 34.9 Å². The molecule has 1 aromatic rings. The van der Waals surface area contributed by atoms with E-state index in [1.807, 2.05) is 27.0 Å². The zero-order chi connectivity index (χ0) is 20.4. The molecular weight excluding hydrogens is 388 g/mol. The third-order valence-electron chi connectivity index (χ3n) is 4.01. The largest absolute Gasteiger partial charge is 0.454 e. The van der Waals surface area contributed by atoms with Gasteiger partial charge in [0.05, 0.1) is 0 Å². The summed E-state index contributed by atoms with van der Waals surface area (Å²) in [6, 6.07) is 5.54. The van der Waals surface area contributed by atoms with E-state index < -0.39 is 17.9 Å². The van der Waals surface area contributed by atoms with Crippen LogP contribution in [0.15, 0.2) is 24.3 Å². The highest BCUT2D eigenvalue weighted by Crippen LogP contribution is 2.11. The summed E-state index contributed by atoms with van der Waals surface area (Å²) in [5.41, 5.74) is 0.0219. The molecule has 8 heteroatoms. The fourth-order valence-electron chi connectivity index (χ4n) is 2.07. The summed E-state index contributed by atoms with van der Waals surface area (Å²) in [7, 11) is 0. The maximum absolute atomic E-state index is 12.4. The van der Waals surface area contributed by atoms with Crippen molar-refractivity contribution < 1.29 is 19.1 Å². The summed E-state index contributed by atoms with van der Waals surface area (Å²) in [5, 5.41) is 5.98. The minimum Gasteiger partial charge on any atom is -0.454 e. The maximum atomic E-state index is 12.4. The monoisotopic (exact) mass is 414 g/mol. The number of thioether (sulfide) groups is 1. The van der Waals surface area contributed by atoms with Gasteiger partial charge in [-0.25, -0.2) is 4.79 Å². The molecule has 0 saturated heterocycles. The minimum absolute atomic E-state index is 0.370. The molecule has 1 aromatic carbocycles. The Kier molecular flexibility index (Phi) is 9.66. The van der Waals surface area contributed by atoms with Crippen LogP contribution in [-0.2, 0) is 14.3 Å². The molecule has 27 heavy (non-hydrogen) atoms. The lowest BCUT2D eigenvalue weighted by atomic mass is 10.0. The Hall–Kier alpha value is -1.73. The van der Waals surface area contributed by atoms with E-state index in [9.17, 15) is 14.4 Å². The van der Waals surface area contributed by atoms with Crippen molar-refractivity contribution in [2.24, 2.45) is 0 Å². The molecule has 0 radical (unpaired) electrons. The molecule has 2 amide bonds. The number of amides is 2. The topological polar surface area (TPSA) is 84.5 Å². The second kappa shape index (κ2) is 11.2. The lowest BCUT2D eigenvalue weighted by Crippen LogP contribution is -2.46. The first-order chi connectivity index (χ1) is 12.7. The number of halogens is 1. The number of carbonyl (C=O) groups excluding carboxylic acids is 3. The highest BCUT2D eigenvalue weighted by atomic mass is 35.5. The van der Waals surface area contributed by atoms with E-state index in [1.54, 1.807) is 36.0 Å². The molecule has 0 heterocycles. The Bertz CT molecular complexity index is 650. The average Bonchev–Trinajstić information content (AvgIpc) is 2.63. The molecule has 1 atom stereocenters. The van der Waals surface area contributed by atoms with Gasteiger partial charge < -0.3 is 15.4 Å². The van der Waals surface area contributed by atoms with E-state index in [2.05, 4.69) is 10.6 Å². The van der Waals surface area contributed by atoms with Crippen molar-refractivity contribution in [2.45, 2.75) is 45.2 Å². The van der Waals surface area contributed by atoms with Gasteiger partial charge in [0.2, 0.25) is 0 Å². The molecule has 0 bridgehead atoms. The minimum atomic E-state index is -0.826. The van der Waals surface area contributed by atoms with Crippen molar-refractivity contribution >= 4 is 41.1 Å². The van der Waals surface area contributed by atoms with Gasteiger partial charge in [-0.2, -0.15) is 11.8 Å². The molecule has 0 aliphatic carbocycles. The third-order valence-corrected chi connectivity index (χ3v) is 4.91. The number of hydrogen-bond donors (Lipinski definition) is 2. The van der Waals surface area contributed by atoms with Gasteiger partial charge in [0.25, 0.3) is 11.8 Å². The van der Waals surface area contributed by atoms with Crippen LogP contribution in [0.25, 0.3) is 0 Å². The number of esters is 1. The van der Waals surface area contributed by atoms with Gasteiger partial charge in [-0.1, -0.05) is 18.5 Å². The van der Waals surface area contributed by atoms with E-state index in [-0.39, 0.29) is 18.1 Å². The second-order valence-corrected chi connectivity index (χ2v) is 8.13. The molecule has 0 saturated carbocycles. The van der Waals surface area contributed by atoms with E-state index >= 15 is 0 Å². The van der Waals surface area contributed by atoms with Crippen molar-refractivity contribution in [1.82, 2.24) is 10.6 Å². The Labute approximate surface area is 169 Å². The average molecular weight is 415 g/mol. The summed E-state index contributed by atoms with van der Waals surface area (Å²) in [4.78, 5) is 36.7. The number of rotatable bonds is 10. The molecule has 0 aliphatic rings. The SMILES string of the molecule is CCC(C)(C)NC(=O)COC(=O)[C@H](CCSC)NC(=O)c1ccc(Cl)cc1. The Morgan fingerprint density at radius 3 is 2.41 bits per heavy atom. The van der Waals surface area contributed by atoms with Crippen LogP contribution >= 0.6 is 23.4 Å². The summed E-state index contributed by atoms with van der Waals surface area (Å²) < 4.78 is 5.11. The molecule has 6 nitrogen and oxygen atoms in total. The van der Waals surface area contributed by atoms with E-state index in [0.29, 0.717) is 22.8 Å². The quantitative estimate of drug-likeness (QED) is 0.575. The van der Waals surface area contributed by atoms with Crippen LogP contribution in [0.4, 0.5) is 0 Å². The predicted octanol–water partition coefficient (Wildman–Crippen LogP) is 3.04. The molecular formula is C19H27ClN2O4S. The van der Waals surface area contributed by atoms with Crippen molar-refractivity contribution in [2.75, 3.05) is 18.6 Å². The van der Waals surface area contributed by atoms with Gasteiger partial charge in [0, 0.05) is 16.1 Å². The fourth-order valence-corrected chi connectivity index (χ4v) is 2.66. The predicted molar refractivity (Wildman–Crippen MR) is 109 cm³/mol.